The number of nitrogens with one attached hydrogen (secondary N) is 2. The monoisotopic (exact) mass is 648 g/mol. The predicted molar refractivity (Wildman–Crippen MR) is 184 cm³/mol. The Balaban J connectivity index is 1.39. The first-order valence-corrected chi connectivity index (χ1v) is 16.0. The van der Waals surface area contributed by atoms with E-state index < -0.39 is 21.7 Å². The lowest BCUT2D eigenvalue weighted by Gasteiger charge is -2.31. The molecular formula is C34H32N8O4S. The van der Waals surface area contributed by atoms with E-state index in [1.54, 1.807) is 69.3 Å². The lowest BCUT2D eigenvalue weighted by molar-refractivity contribution is 0.195. The molecule has 6 aromatic rings. The van der Waals surface area contributed by atoms with E-state index in [1.807, 2.05) is 36.4 Å². The van der Waals surface area contributed by atoms with Crippen LogP contribution in [-0.4, -0.2) is 44.1 Å². The van der Waals surface area contributed by atoms with Crippen LogP contribution in [0.4, 0.5) is 39.3 Å². The van der Waals surface area contributed by atoms with Crippen molar-refractivity contribution in [1.29, 1.82) is 0 Å². The number of amides is 1. The molecule has 0 radical (unpaired) electrons. The van der Waals surface area contributed by atoms with Crippen LogP contribution in [0.25, 0.3) is 22.3 Å². The van der Waals surface area contributed by atoms with Crippen molar-refractivity contribution in [2.75, 3.05) is 21.3 Å². The fraction of sp³-hybridized carbons (Fsp3) is 0.118. The van der Waals surface area contributed by atoms with Gasteiger partial charge in [-0.05, 0) is 87.5 Å². The summed E-state index contributed by atoms with van der Waals surface area (Å²) in [4.78, 5) is 27.4. The maximum absolute atomic E-state index is 13.3. The van der Waals surface area contributed by atoms with Gasteiger partial charge in [0.05, 0.1) is 10.6 Å². The molecular weight excluding hydrogens is 616 g/mol. The smallest absolute Gasteiger partial charge is 0.414 e. The minimum absolute atomic E-state index is 0.0366. The minimum Gasteiger partial charge on any atom is -0.465 e. The number of hydrogen-bond acceptors (Lipinski definition) is 9. The molecule has 238 valence electrons. The first kappa shape index (κ1) is 31.0. The van der Waals surface area contributed by atoms with Crippen molar-refractivity contribution < 1.29 is 18.3 Å². The molecule has 5 N–H and O–H groups in total. The summed E-state index contributed by atoms with van der Waals surface area (Å²) in [6, 6.07) is 28.1. The lowest BCUT2D eigenvalue weighted by atomic mass is 10.1. The Kier molecular flexibility index (Phi) is 7.99. The van der Waals surface area contributed by atoms with Gasteiger partial charge in [-0.1, -0.05) is 24.3 Å². The number of nitrogen functional groups attached to an aromatic ring is 1. The summed E-state index contributed by atoms with van der Waals surface area (Å²) in [5, 5.41) is 17.3. The molecule has 1 amide bonds. The molecule has 0 bridgehead atoms. The van der Waals surface area contributed by atoms with E-state index in [1.165, 1.54) is 24.5 Å². The zero-order valence-electron chi connectivity index (χ0n) is 25.8. The third-order valence-corrected chi connectivity index (χ3v) is 8.88. The largest absolute Gasteiger partial charge is 0.465 e. The number of aromatic nitrogens is 4. The van der Waals surface area contributed by atoms with Crippen molar-refractivity contribution in [3.05, 3.63) is 109 Å². The van der Waals surface area contributed by atoms with Crippen LogP contribution in [0.3, 0.4) is 0 Å². The Hall–Kier alpha value is -5.95. The molecule has 12 nitrogen and oxygen atoms in total. The lowest BCUT2D eigenvalue weighted by Crippen LogP contribution is -2.46. The average Bonchev–Trinajstić information content (AvgIpc) is 3.46. The van der Waals surface area contributed by atoms with Gasteiger partial charge in [0.15, 0.2) is 5.65 Å². The normalized spacial score (nSPS) is 11.7. The summed E-state index contributed by atoms with van der Waals surface area (Å²) in [5.41, 5.74) is 9.14. The predicted octanol–water partition coefficient (Wildman–Crippen LogP) is 7.08. The first-order valence-electron chi connectivity index (χ1n) is 14.6. The van der Waals surface area contributed by atoms with Crippen molar-refractivity contribution in [3.63, 3.8) is 0 Å². The number of carboxylic acid groups (broad SMARTS) is 1. The zero-order valence-corrected chi connectivity index (χ0v) is 26.6. The van der Waals surface area contributed by atoms with Crippen LogP contribution < -0.4 is 21.3 Å². The summed E-state index contributed by atoms with van der Waals surface area (Å²) in [6.07, 6.45) is 1.75. The SMILES string of the molecule is CC(C)(C)N(C(=O)O)c1nc(Nc2cccc(Nc3ccc(N)cc3)c2)cc(-c2cnc3c(ccn3S(=O)(=O)c3ccccc3)c2)n1. The van der Waals surface area contributed by atoms with Crippen LogP contribution in [0, 0.1) is 0 Å². The molecule has 0 spiro atoms. The third-order valence-electron chi connectivity index (χ3n) is 7.20. The van der Waals surface area contributed by atoms with Crippen LogP contribution in [-0.2, 0) is 10.0 Å². The molecule has 0 aliphatic rings. The van der Waals surface area contributed by atoms with E-state index in [-0.39, 0.29) is 16.5 Å². The van der Waals surface area contributed by atoms with Crippen molar-refractivity contribution >= 4 is 61.7 Å². The van der Waals surface area contributed by atoms with Gasteiger partial charge >= 0.3 is 6.09 Å². The number of hydrogen-bond donors (Lipinski definition) is 4. The summed E-state index contributed by atoms with van der Waals surface area (Å²) in [5.74, 6) is 0.305. The number of pyridine rings is 1. The number of benzene rings is 3. The van der Waals surface area contributed by atoms with E-state index >= 15 is 0 Å². The molecule has 3 heterocycles. The quantitative estimate of drug-likeness (QED) is 0.125. The van der Waals surface area contributed by atoms with Crippen LogP contribution in [0.15, 0.2) is 114 Å². The molecule has 0 aliphatic carbocycles. The molecule has 0 saturated heterocycles. The first-order chi connectivity index (χ1) is 22.4. The Morgan fingerprint density at radius 2 is 1.55 bits per heavy atom. The molecule has 0 unspecified atom stereocenters. The second-order valence-electron chi connectivity index (χ2n) is 11.7. The molecule has 3 aromatic heterocycles. The molecule has 0 aliphatic heterocycles. The summed E-state index contributed by atoms with van der Waals surface area (Å²) in [7, 11) is -3.87. The van der Waals surface area contributed by atoms with Gasteiger partial charge in [-0.2, -0.15) is 4.98 Å². The van der Waals surface area contributed by atoms with Gasteiger partial charge in [0, 0.05) is 57.7 Å². The summed E-state index contributed by atoms with van der Waals surface area (Å²) in [6.45, 7) is 5.25. The highest BCUT2D eigenvalue weighted by atomic mass is 32.2. The second-order valence-corrected chi connectivity index (χ2v) is 13.6. The Morgan fingerprint density at radius 1 is 0.851 bits per heavy atom. The number of fused-ring (bicyclic) bond motifs is 1. The standard InChI is InChI=1S/C34H32N8O4S/c1-34(2,3)42(33(43)44)32-39-29(20-30(40-32)38-27-9-7-8-26(19-27)37-25-14-12-24(35)13-15-25)23-18-22-16-17-41(31(22)36-21-23)47(45,46)28-10-5-4-6-11-28/h4-21,37H,35H2,1-3H3,(H,43,44)(H,38,39,40). The van der Waals surface area contributed by atoms with E-state index in [9.17, 15) is 18.3 Å². The molecule has 3 aromatic carbocycles. The Labute approximate surface area is 271 Å². The van der Waals surface area contributed by atoms with Crippen molar-refractivity contribution in [3.8, 4) is 11.3 Å². The summed E-state index contributed by atoms with van der Waals surface area (Å²) < 4.78 is 27.8. The van der Waals surface area contributed by atoms with E-state index in [2.05, 4.69) is 25.6 Å². The minimum atomic E-state index is -3.87. The topological polar surface area (TPSA) is 168 Å². The number of nitrogens with two attached hydrogens (primary N) is 1. The van der Waals surface area contributed by atoms with Crippen LogP contribution in [0.1, 0.15) is 20.8 Å². The summed E-state index contributed by atoms with van der Waals surface area (Å²) >= 11 is 0. The number of anilines is 6. The zero-order chi connectivity index (χ0) is 33.3. The highest BCUT2D eigenvalue weighted by Gasteiger charge is 2.31. The Morgan fingerprint density at radius 3 is 2.23 bits per heavy atom. The van der Waals surface area contributed by atoms with Gasteiger partial charge in [0.1, 0.15) is 5.82 Å². The second kappa shape index (κ2) is 12.1. The van der Waals surface area contributed by atoms with Crippen LogP contribution in [0.2, 0.25) is 0 Å². The van der Waals surface area contributed by atoms with Gasteiger partial charge in [0.25, 0.3) is 10.0 Å². The molecule has 13 heteroatoms. The van der Waals surface area contributed by atoms with Crippen LogP contribution >= 0.6 is 0 Å². The molecule has 0 saturated carbocycles. The van der Waals surface area contributed by atoms with Crippen molar-refractivity contribution in [2.24, 2.45) is 0 Å². The van der Waals surface area contributed by atoms with E-state index in [0.29, 0.717) is 33.8 Å². The third kappa shape index (κ3) is 6.56. The highest BCUT2D eigenvalue weighted by Crippen LogP contribution is 2.31. The number of rotatable bonds is 8. The van der Waals surface area contributed by atoms with Gasteiger partial charge in [0.2, 0.25) is 5.95 Å². The van der Waals surface area contributed by atoms with Crippen molar-refractivity contribution in [1.82, 2.24) is 18.9 Å². The fourth-order valence-corrected chi connectivity index (χ4v) is 6.34. The van der Waals surface area contributed by atoms with Gasteiger partial charge in [-0.15, -0.1) is 0 Å². The highest BCUT2D eigenvalue weighted by molar-refractivity contribution is 7.90. The average molecular weight is 649 g/mol. The number of nitrogens with zero attached hydrogens (tertiary/aromatic N) is 5. The molecule has 0 atom stereocenters. The van der Waals surface area contributed by atoms with Gasteiger partial charge in [-0.3, -0.25) is 0 Å². The number of carbonyl (C=O) groups is 1. The van der Waals surface area contributed by atoms with E-state index in [0.717, 1.165) is 20.2 Å². The fourth-order valence-electron chi connectivity index (χ4n) is 5.01. The molecule has 0 fully saturated rings. The van der Waals surface area contributed by atoms with Crippen molar-refractivity contribution in [2.45, 2.75) is 31.2 Å². The van der Waals surface area contributed by atoms with Gasteiger partial charge in [-0.25, -0.2) is 32.1 Å². The maximum Gasteiger partial charge on any atom is 0.414 e. The molecule has 6 rings (SSSR count). The van der Waals surface area contributed by atoms with Gasteiger partial charge < -0.3 is 21.5 Å². The Bertz CT molecular complexity index is 2200. The van der Waals surface area contributed by atoms with E-state index in [4.69, 9.17) is 5.73 Å². The maximum atomic E-state index is 13.3. The van der Waals surface area contributed by atoms with Crippen LogP contribution in [0.5, 0.6) is 0 Å². The molecule has 47 heavy (non-hydrogen) atoms.